The molecule has 2 N–H and O–H groups in total. The van der Waals surface area contributed by atoms with Gasteiger partial charge in [0, 0.05) is 29.7 Å². The number of aliphatic hydroxyl groups is 1. The van der Waals surface area contributed by atoms with Crippen molar-refractivity contribution in [3.63, 3.8) is 0 Å². The standard InChI is InChI=1S/C29H27N5O4/c35-27(29(36)37)21-7-5-20(6-8-21)26-24(12-11-22-10-9-19-3-1-2-4-23(19)31-22)32-28-25(13-14-30-34(26)28)33-15-17-38-18-16-33/h1-10,13-14,27,35H,11-12,15-18H2,(H,36,37). The summed E-state index contributed by atoms with van der Waals surface area (Å²) in [5.74, 6) is -1.28. The van der Waals surface area contributed by atoms with Crippen LogP contribution in [0, 0.1) is 0 Å². The fourth-order valence-electron chi connectivity index (χ4n) is 4.95. The van der Waals surface area contributed by atoms with Crippen LogP contribution in [0.25, 0.3) is 27.8 Å². The summed E-state index contributed by atoms with van der Waals surface area (Å²) < 4.78 is 7.40. The van der Waals surface area contributed by atoms with Gasteiger partial charge in [0.15, 0.2) is 11.8 Å². The maximum atomic E-state index is 11.2. The number of carbonyl (C=O) groups is 1. The highest BCUT2D eigenvalue weighted by atomic mass is 16.5. The molecule has 0 saturated carbocycles. The van der Waals surface area contributed by atoms with E-state index in [1.807, 2.05) is 40.9 Å². The lowest BCUT2D eigenvalue weighted by atomic mass is 10.0. The second-order valence-electron chi connectivity index (χ2n) is 9.32. The first-order valence-electron chi connectivity index (χ1n) is 12.6. The summed E-state index contributed by atoms with van der Waals surface area (Å²) in [6.07, 6.45) is 1.55. The van der Waals surface area contributed by atoms with E-state index in [-0.39, 0.29) is 0 Å². The van der Waals surface area contributed by atoms with Crippen LogP contribution >= 0.6 is 0 Å². The van der Waals surface area contributed by atoms with Crippen molar-refractivity contribution >= 4 is 28.2 Å². The number of anilines is 1. The predicted octanol–water partition coefficient (Wildman–Crippen LogP) is 3.68. The number of ether oxygens (including phenoxy) is 1. The Morgan fingerprint density at radius 3 is 2.53 bits per heavy atom. The molecule has 1 unspecified atom stereocenters. The molecule has 9 heteroatoms. The SMILES string of the molecule is O=C(O)C(O)c1ccc(-c2c(CCc3ccc4ccccc4n3)nc3c(N4CCOCC4)ccnn23)cc1. The first-order chi connectivity index (χ1) is 18.6. The van der Waals surface area contributed by atoms with Crippen LogP contribution in [0.5, 0.6) is 0 Å². The van der Waals surface area contributed by atoms with Crippen molar-refractivity contribution in [2.45, 2.75) is 18.9 Å². The number of rotatable bonds is 7. The molecule has 192 valence electrons. The van der Waals surface area contributed by atoms with Crippen LogP contribution in [-0.2, 0) is 22.4 Å². The van der Waals surface area contributed by atoms with Crippen molar-refractivity contribution in [2.75, 3.05) is 31.2 Å². The Labute approximate surface area is 219 Å². The molecule has 0 radical (unpaired) electrons. The Morgan fingerprint density at radius 1 is 0.947 bits per heavy atom. The molecule has 2 aromatic carbocycles. The molecule has 1 aliphatic heterocycles. The number of hydrogen-bond acceptors (Lipinski definition) is 7. The van der Waals surface area contributed by atoms with Gasteiger partial charge in [-0.25, -0.2) is 14.3 Å². The van der Waals surface area contributed by atoms with Crippen molar-refractivity contribution in [1.29, 1.82) is 0 Å². The summed E-state index contributed by atoms with van der Waals surface area (Å²) in [7, 11) is 0. The Morgan fingerprint density at radius 2 is 1.74 bits per heavy atom. The van der Waals surface area contributed by atoms with Gasteiger partial charge in [-0.2, -0.15) is 5.10 Å². The first-order valence-corrected chi connectivity index (χ1v) is 12.6. The van der Waals surface area contributed by atoms with Gasteiger partial charge in [0.05, 0.1) is 42.0 Å². The number of nitrogens with zero attached hydrogens (tertiary/aromatic N) is 5. The van der Waals surface area contributed by atoms with E-state index in [9.17, 15) is 15.0 Å². The zero-order valence-electron chi connectivity index (χ0n) is 20.7. The number of fused-ring (bicyclic) bond motifs is 2. The van der Waals surface area contributed by atoms with Crippen molar-refractivity contribution in [2.24, 2.45) is 0 Å². The van der Waals surface area contributed by atoms with Crippen LogP contribution in [-0.4, -0.2) is 62.1 Å². The first kappa shape index (κ1) is 24.0. The third-order valence-corrected chi connectivity index (χ3v) is 6.93. The summed E-state index contributed by atoms with van der Waals surface area (Å²) in [5, 5.41) is 24.9. The van der Waals surface area contributed by atoms with Gasteiger partial charge < -0.3 is 19.8 Å². The highest BCUT2D eigenvalue weighted by Crippen LogP contribution is 2.31. The third kappa shape index (κ3) is 4.57. The van der Waals surface area contributed by atoms with Crippen molar-refractivity contribution in [3.05, 3.63) is 89.9 Å². The minimum Gasteiger partial charge on any atom is -0.479 e. The van der Waals surface area contributed by atoms with Gasteiger partial charge in [-0.15, -0.1) is 0 Å². The van der Waals surface area contributed by atoms with E-state index in [2.05, 4.69) is 28.2 Å². The molecule has 38 heavy (non-hydrogen) atoms. The topological polar surface area (TPSA) is 113 Å². The second kappa shape index (κ2) is 10.2. The number of morpholine rings is 1. The Balaban J connectivity index is 1.41. The number of aliphatic carboxylic acids is 1. The molecule has 1 saturated heterocycles. The minimum absolute atomic E-state index is 0.318. The quantitative estimate of drug-likeness (QED) is 0.342. The van der Waals surface area contributed by atoms with Gasteiger partial charge in [0.25, 0.3) is 0 Å². The number of hydrogen-bond donors (Lipinski definition) is 2. The van der Waals surface area contributed by atoms with E-state index in [4.69, 9.17) is 14.7 Å². The molecule has 0 spiro atoms. The van der Waals surface area contributed by atoms with E-state index in [1.54, 1.807) is 18.3 Å². The number of carboxylic acids is 1. The molecule has 9 nitrogen and oxygen atoms in total. The van der Waals surface area contributed by atoms with Crippen LogP contribution in [0.3, 0.4) is 0 Å². The van der Waals surface area contributed by atoms with Crippen LogP contribution in [0.1, 0.15) is 23.1 Å². The molecule has 0 aliphatic carbocycles. The number of carboxylic acid groups (broad SMARTS) is 1. The molecule has 0 bridgehead atoms. The lowest BCUT2D eigenvalue weighted by Crippen LogP contribution is -2.36. The van der Waals surface area contributed by atoms with Gasteiger partial charge in [0.1, 0.15) is 0 Å². The van der Waals surface area contributed by atoms with E-state index in [1.165, 1.54) is 0 Å². The fraction of sp³-hybridized carbons (Fsp3) is 0.241. The van der Waals surface area contributed by atoms with E-state index in [0.29, 0.717) is 31.6 Å². The molecule has 5 aromatic rings. The Kier molecular flexibility index (Phi) is 6.45. The molecule has 6 rings (SSSR count). The monoisotopic (exact) mass is 509 g/mol. The predicted molar refractivity (Wildman–Crippen MR) is 143 cm³/mol. The summed E-state index contributed by atoms with van der Waals surface area (Å²) >= 11 is 0. The summed E-state index contributed by atoms with van der Waals surface area (Å²) in [5.41, 5.74) is 6.58. The van der Waals surface area contributed by atoms with Crippen LogP contribution in [0.4, 0.5) is 5.69 Å². The smallest absolute Gasteiger partial charge is 0.337 e. The number of aromatic nitrogens is 4. The average Bonchev–Trinajstić information content (AvgIpc) is 3.34. The Bertz CT molecular complexity index is 1610. The molecular formula is C29H27N5O4. The number of pyridine rings is 1. The van der Waals surface area contributed by atoms with Crippen LogP contribution in [0.2, 0.25) is 0 Å². The van der Waals surface area contributed by atoms with E-state index >= 15 is 0 Å². The van der Waals surface area contributed by atoms with E-state index in [0.717, 1.165) is 58.0 Å². The highest BCUT2D eigenvalue weighted by molar-refractivity contribution is 5.79. The maximum absolute atomic E-state index is 11.2. The molecule has 0 amide bonds. The maximum Gasteiger partial charge on any atom is 0.337 e. The Hall–Kier alpha value is -4.34. The lowest BCUT2D eigenvalue weighted by molar-refractivity contribution is -0.146. The molecule has 1 atom stereocenters. The van der Waals surface area contributed by atoms with Gasteiger partial charge >= 0.3 is 5.97 Å². The normalized spacial score (nSPS) is 14.7. The average molecular weight is 510 g/mol. The number of aliphatic hydroxyl groups excluding tert-OH is 1. The summed E-state index contributed by atoms with van der Waals surface area (Å²) in [6.45, 7) is 2.88. The van der Waals surface area contributed by atoms with Gasteiger partial charge in [0.2, 0.25) is 0 Å². The molecule has 3 aromatic heterocycles. The second-order valence-corrected chi connectivity index (χ2v) is 9.32. The van der Waals surface area contributed by atoms with Crippen molar-refractivity contribution in [3.8, 4) is 11.3 Å². The molecule has 4 heterocycles. The van der Waals surface area contributed by atoms with E-state index < -0.39 is 12.1 Å². The lowest BCUT2D eigenvalue weighted by Gasteiger charge is -2.28. The number of para-hydroxylation sites is 1. The van der Waals surface area contributed by atoms with Crippen molar-refractivity contribution < 1.29 is 19.7 Å². The van der Waals surface area contributed by atoms with Gasteiger partial charge in [-0.1, -0.05) is 48.5 Å². The van der Waals surface area contributed by atoms with Crippen LogP contribution in [0.15, 0.2) is 72.9 Å². The molecule has 1 fully saturated rings. The summed E-state index contributed by atoms with van der Waals surface area (Å²) in [4.78, 5) is 23.4. The molecular weight excluding hydrogens is 482 g/mol. The number of imidazole rings is 1. The number of benzene rings is 2. The molecule has 1 aliphatic rings. The minimum atomic E-state index is -1.57. The van der Waals surface area contributed by atoms with Gasteiger partial charge in [-0.05, 0) is 36.6 Å². The highest BCUT2D eigenvalue weighted by Gasteiger charge is 2.22. The van der Waals surface area contributed by atoms with Gasteiger partial charge in [-0.3, -0.25) is 4.98 Å². The van der Waals surface area contributed by atoms with Crippen LogP contribution < -0.4 is 4.90 Å². The number of aryl methyl sites for hydroxylation is 2. The third-order valence-electron chi connectivity index (χ3n) is 6.93. The largest absolute Gasteiger partial charge is 0.479 e. The van der Waals surface area contributed by atoms with Crippen molar-refractivity contribution in [1.82, 2.24) is 19.6 Å². The fourth-order valence-corrected chi connectivity index (χ4v) is 4.95. The summed E-state index contributed by atoms with van der Waals surface area (Å²) in [6, 6.07) is 21.1. The zero-order chi connectivity index (χ0) is 26.1. The zero-order valence-corrected chi connectivity index (χ0v) is 20.7.